The quantitative estimate of drug-likeness (QED) is 0.570. The van der Waals surface area contributed by atoms with Gasteiger partial charge in [0.05, 0.1) is 29.7 Å². The van der Waals surface area contributed by atoms with Crippen molar-refractivity contribution >= 4 is 38.6 Å². The molecule has 7 heteroatoms. The van der Waals surface area contributed by atoms with Crippen LogP contribution in [0, 0.1) is 0 Å². The molecular weight excluding hydrogens is 380 g/mol. The molecule has 0 radical (unpaired) electrons. The minimum Gasteiger partial charge on any atom is -0.395 e. The Morgan fingerprint density at radius 2 is 1.96 bits per heavy atom. The lowest BCUT2D eigenvalue weighted by molar-refractivity contribution is 0.271. The van der Waals surface area contributed by atoms with Crippen LogP contribution in [0.2, 0.25) is 0 Å². The molecule has 3 aromatic rings. The molecule has 0 unspecified atom stereocenters. The molecule has 0 amide bonds. The summed E-state index contributed by atoms with van der Waals surface area (Å²) in [4.78, 5) is 27.2. The minimum atomic E-state index is -0.423. The van der Waals surface area contributed by atoms with Crippen molar-refractivity contribution in [3.63, 3.8) is 0 Å². The summed E-state index contributed by atoms with van der Waals surface area (Å²) in [7, 11) is 0. The molecule has 0 saturated heterocycles. The maximum Gasteiger partial charge on any atom is 0.336 e. The zero-order valence-electron chi connectivity index (χ0n) is 11.8. The first kappa shape index (κ1) is 14.7. The van der Waals surface area contributed by atoms with E-state index in [9.17, 15) is 14.7 Å². The third-order valence-corrected chi connectivity index (χ3v) is 5.42. The fourth-order valence-electron chi connectivity index (χ4n) is 2.85. The Morgan fingerprint density at radius 3 is 2.74 bits per heavy atom. The standard InChI is InChI=1S/C16H11BrN2O3S/c17-9-4-5-11-13(8-9)23-12-3-1-2-10-14(12)19(11)16(22)18(6-7-20)15(10)21/h1-5,8,20H,6-7H2. The summed E-state index contributed by atoms with van der Waals surface area (Å²) in [5, 5.41) is 9.67. The van der Waals surface area contributed by atoms with E-state index in [1.54, 1.807) is 10.6 Å². The second-order valence-corrected chi connectivity index (χ2v) is 7.16. The summed E-state index contributed by atoms with van der Waals surface area (Å²) in [6, 6.07) is 11.1. The van der Waals surface area contributed by atoms with E-state index < -0.39 is 5.69 Å². The van der Waals surface area contributed by atoms with E-state index in [0.717, 1.165) is 24.5 Å². The van der Waals surface area contributed by atoms with Gasteiger partial charge in [0.2, 0.25) is 0 Å². The lowest BCUT2D eigenvalue weighted by Crippen LogP contribution is -2.41. The third kappa shape index (κ3) is 2.11. The Morgan fingerprint density at radius 1 is 1.13 bits per heavy atom. The largest absolute Gasteiger partial charge is 0.395 e. The first-order valence-corrected chi connectivity index (χ1v) is 8.60. The lowest BCUT2D eigenvalue weighted by atomic mass is 10.2. The topological polar surface area (TPSA) is 64.2 Å². The number of aliphatic hydroxyl groups is 1. The number of benzene rings is 2. The van der Waals surface area contributed by atoms with E-state index in [2.05, 4.69) is 15.9 Å². The second kappa shape index (κ2) is 5.36. The van der Waals surface area contributed by atoms with E-state index >= 15 is 0 Å². The van der Waals surface area contributed by atoms with Gasteiger partial charge < -0.3 is 5.11 Å². The molecule has 0 spiro atoms. The van der Waals surface area contributed by atoms with Crippen LogP contribution in [0.15, 0.2) is 60.3 Å². The first-order chi connectivity index (χ1) is 11.1. The Bertz CT molecular complexity index is 1070. The average Bonchev–Trinajstić information content (AvgIpc) is 2.54. The van der Waals surface area contributed by atoms with Gasteiger partial charge in [0.25, 0.3) is 5.56 Å². The van der Waals surface area contributed by atoms with Crippen molar-refractivity contribution < 1.29 is 5.11 Å². The number of fused-ring (bicyclic) bond motifs is 2. The Balaban J connectivity index is 2.23. The Labute approximate surface area is 143 Å². The van der Waals surface area contributed by atoms with Crippen LogP contribution in [-0.4, -0.2) is 20.8 Å². The van der Waals surface area contributed by atoms with Crippen molar-refractivity contribution in [1.82, 2.24) is 9.13 Å². The van der Waals surface area contributed by atoms with Gasteiger partial charge in [-0.3, -0.25) is 13.9 Å². The summed E-state index contributed by atoms with van der Waals surface area (Å²) < 4.78 is 3.59. The van der Waals surface area contributed by atoms with E-state index in [4.69, 9.17) is 0 Å². The highest BCUT2D eigenvalue weighted by Gasteiger charge is 2.23. The zero-order valence-corrected chi connectivity index (χ0v) is 14.2. The smallest absolute Gasteiger partial charge is 0.336 e. The van der Waals surface area contributed by atoms with Gasteiger partial charge >= 0.3 is 5.69 Å². The van der Waals surface area contributed by atoms with Gasteiger partial charge in [0, 0.05) is 14.3 Å². The number of rotatable bonds is 2. The molecule has 4 rings (SSSR count). The molecule has 0 aliphatic carbocycles. The average molecular weight is 391 g/mol. The van der Waals surface area contributed by atoms with Gasteiger partial charge in [-0.2, -0.15) is 0 Å². The molecule has 23 heavy (non-hydrogen) atoms. The third-order valence-electron chi connectivity index (χ3n) is 3.83. The van der Waals surface area contributed by atoms with Crippen LogP contribution in [0.1, 0.15) is 0 Å². The highest BCUT2D eigenvalue weighted by atomic mass is 79.9. The molecule has 0 bridgehead atoms. The normalized spacial score (nSPS) is 12.4. The molecule has 5 nitrogen and oxygen atoms in total. The number of hydrogen-bond donors (Lipinski definition) is 1. The molecule has 1 aliphatic heterocycles. The number of halogens is 1. The molecule has 1 N–H and O–H groups in total. The Hall–Kier alpha value is -1.83. The van der Waals surface area contributed by atoms with Crippen LogP contribution in [0.25, 0.3) is 16.6 Å². The van der Waals surface area contributed by atoms with Gasteiger partial charge in [0.15, 0.2) is 0 Å². The number of aliphatic hydroxyl groups excluding tert-OH is 1. The van der Waals surface area contributed by atoms with Crippen molar-refractivity contribution in [2.45, 2.75) is 16.3 Å². The number of hydrogen-bond acceptors (Lipinski definition) is 4. The predicted molar refractivity (Wildman–Crippen MR) is 92.7 cm³/mol. The van der Waals surface area contributed by atoms with Gasteiger partial charge in [-0.05, 0) is 30.3 Å². The maximum atomic E-state index is 12.9. The SMILES string of the molecule is O=c1c2cccc3c2n(c(=O)n1CCO)-c1ccc(Br)cc1S3. The second-order valence-electron chi connectivity index (χ2n) is 5.16. The molecule has 0 saturated carbocycles. The first-order valence-electron chi connectivity index (χ1n) is 6.99. The van der Waals surface area contributed by atoms with Crippen molar-refractivity contribution in [3.05, 3.63) is 61.7 Å². The number of aromatic nitrogens is 2. The van der Waals surface area contributed by atoms with Gasteiger partial charge in [-0.25, -0.2) is 4.79 Å². The highest BCUT2D eigenvalue weighted by Crippen LogP contribution is 2.41. The van der Waals surface area contributed by atoms with Crippen molar-refractivity contribution in [2.75, 3.05) is 6.61 Å². The summed E-state index contributed by atoms with van der Waals surface area (Å²) in [6.45, 7) is -0.279. The summed E-state index contributed by atoms with van der Waals surface area (Å²) in [5.74, 6) is 0. The lowest BCUT2D eigenvalue weighted by Gasteiger charge is -2.22. The van der Waals surface area contributed by atoms with Crippen LogP contribution < -0.4 is 11.2 Å². The fraction of sp³-hybridized carbons (Fsp3) is 0.125. The highest BCUT2D eigenvalue weighted by molar-refractivity contribution is 9.10. The van der Waals surface area contributed by atoms with Crippen LogP contribution in [0.4, 0.5) is 0 Å². The van der Waals surface area contributed by atoms with Gasteiger partial charge in [-0.1, -0.05) is 33.8 Å². The zero-order chi connectivity index (χ0) is 16.1. The van der Waals surface area contributed by atoms with E-state index in [0.29, 0.717) is 10.9 Å². The summed E-state index contributed by atoms with van der Waals surface area (Å²) in [6.07, 6.45) is 0. The van der Waals surface area contributed by atoms with Gasteiger partial charge in [-0.15, -0.1) is 0 Å². The minimum absolute atomic E-state index is 0.0170. The van der Waals surface area contributed by atoms with Crippen molar-refractivity contribution in [2.24, 2.45) is 0 Å². The van der Waals surface area contributed by atoms with Gasteiger partial charge in [0.1, 0.15) is 0 Å². The monoisotopic (exact) mass is 390 g/mol. The van der Waals surface area contributed by atoms with Crippen LogP contribution in [0.3, 0.4) is 0 Å². The van der Waals surface area contributed by atoms with Crippen LogP contribution in [0.5, 0.6) is 0 Å². The van der Waals surface area contributed by atoms with Crippen molar-refractivity contribution in [3.8, 4) is 5.69 Å². The number of nitrogens with zero attached hydrogens (tertiary/aromatic N) is 2. The van der Waals surface area contributed by atoms with Crippen LogP contribution >= 0.6 is 27.7 Å². The van der Waals surface area contributed by atoms with E-state index in [-0.39, 0.29) is 18.7 Å². The molecule has 0 fully saturated rings. The maximum absolute atomic E-state index is 12.9. The molecular formula is C16H11BrN2O3S. The number of para-hydroxylation sites is 1. The van der Waals surface area contributed by atoms with E-state index in [1.807, 2.05) is 30.3 Å². The molecule has 1 aromatic heterocycles. The summed E-state index contributed by atoms with van der Waals surface area (Å²) in [5.41, 5.74) is 0.598. The van der Waals surface area contributed by atoms with Crippen LogP contribution in [-0.2, 0) is 6.54 Å². The van der Waals surface area contributed by atoms with Crippen molar-refractivity contribution in [1.29, 1.82) is 0 Å². The predicted octanol–water partition coefficient (Wildman–Crippen LogP) is 2.37. The molecule has 2 heterocycles. The molecule has 2 aromatic carbocycles. The molecule has 116 valence electrons. The Kier molecular flexibility index (Phi) is 3.44. The summed E-state index contributed by atoms with van der Waals surface area (Å²) >= 11 is 4.99. The van der Waals surface area contributed by atoms with E-state index in [1.165, 1.54) is 11.8 Å². The fourth-order valence-corrected chi connectivity index (χ4v) is 4.49. The molecule has 1 aliphatic rings. The molecule has 0 atom stereocenters.